The maximum Gasteiger partial charge on any atom is 0.339 e. The lowest BCUT2D eigenvalue weighted by atomic mass is 10.1. The number of hydrogen-bond donors (Lipinski definition) is 1. The Morgan fingerprint density at radius 2 is 1.86 bits per heavy atom. The molecular weight excluding hydrogens is 392 g/mol. The van der Waals surface area contributed by atoms with E-state index in [0.717, 1.165) is 4.90 Å². The van der Waals surface area contributed by atoms with Crippen LogP contribution in [0.5, 0.6) is 0 Å². The predicted octanol–water partition coefficient (Wildman–Crippen LogP) is 2.49. The minimum absolute atomic E-state index is 0.113. The summed E-state index contributed by atoms with van der Waals surface area (Å²) < 4.78 is 11.0. The number of rotatable bonds is 4. The Morgan fingerprint density at radius 3 is 2.62 bits per heavy atom. The number of esters is 1. The molecule has 7 nitrogen and oxygen atoms in total. The second-order valence-electron chi connectivity index (χ2n) is 6.68. The molecule has 2 aromatic carbocycles. The zero-order valence-electron chi connectivity index (χ0n) is 15.6. The first-order valence-electron chi connectivity index (χ1n) is 9.31. The molecule has 150 valence electrons. The molecule has 2 aromatic rings. The number of nitrogens with one attached hydrogen (secondary N) is 1. The van der Waals surface area contributed by atoms with Gasteiger partial charge in [0.25, 0.3) is 5.91 Å². The molecule has 0 unspecified atom stereocenters. The summed E-state index contributed by atoms with van der Waals surface area (Å²) in [6.07, 6.45) is -1.04. The van der Waals surface area contributed by atoms with Crippen molar-refractivity contribution in [3.8, 4) is 0 Å². The van der Waals surface area contributed by atoms with Crippen LogP contribution in [-0.2, 0) is 19.1 Å². The van der Waals surface area contributed by atoms with Crippen molar-refractivity contribution in [3.05, 3.63) is 59.7 Å². The number of nitrogens with zero attached hydrogens (tertiary/aromatic N) is 1. The average Bonchev–Trinajstić information content (AvgIpc) is 2.77. The van der Waals surface area contributed by atoms with E-state index >= 15 is 0 Å². The summed E-state index contributed by atoms with van der Waals surface area (Å²) in [5, 5.41) is 2.76. The highest BCUT2D eigenvalue weighted by molar-refractivity contribution is 8.00. The van der Waals surface area contributed by atoms with Crippen molar-refractivity contribution < 1.29 is 23.9 Å². The fraction of sp³-hybridized carbons (Fsp3) is 0.286. The number of carbonyl (C=O) groups is 3. The normalized spacial score (nSPS) is 17.1. The SMILES string of the molecule is O=C1CSc2ccc(C(=O)O[C@H](C(=O)N3CCOCC3)c3ccccc3)cc2N1. The third kappa shape index (κ3) is 4.44. The first-order valence-corrected chi connectivity index (χ1v) is 10.3. The number of ether oxygens (including phenoxy) is 2. The van der Waals surface area contributed by atoms with Crippen LogP contribution in [0.4, 0.5) is 5.69 Å². The number of carbonyl (C=O) groups excluding carboxylic acids is 3. The van der Waals surface area contributed by atoms with E-state index in [9.17, 15) is 14.4 Å². The van der Waals surface area contributed by atoms with Crippen LogP contribution in [-0.4, -0.2) is 54.7 Å². The van der Waals surface area contributed by atoms with Gasteiger partial charge in [0.2, 0.25) is 12.0 Å². The molecule has 2 aliphatic heterocycles. The number of benzene rings is 2. The summed E-state index contributed by atoms with van der Waals surface area (Å²) >= 11 is 1.41. The summed E-state index contributed by atoms with van der Waals surface area (Å²) in [6, 6.07) is 14.0. The molecular formula is C21H20N2O5S. The molecule has 8 heteroatoms. The van der Waals surface area contributed by atoms with Gasteiger partial charge in [-0.1, -0.05) is 30.3 Å². The number of amides is 2. The summed E-state index contributed by atoms with van der Waals surface area (Å²) in [4.78, 5) is 40.1. The van der Waals surface area contributed by atoms with Crippen LogP contribution in [0.1, 0.15) is 22.0 Å². The maximum absolute atomic E-state index is 13.1. The lowest BCUT2D eigenvalue weighted by Gasteiger charge is -2.30. The molecule has 29 heavy (non-hydrogen) atoms. The fourth-order valence-electron chi connectivity index (χ4n) is 3.22. The van der Waals surface area contributed by atoms with Gasteiger partial charge < -0.3 is 19.7 Å². The van der Waals surface area contributed by atoms with Crippen molar-refractivity contribution in [3.63, 3.8) is 0 Å². The number of thioether (sulfide) groups is 1. The van der Waals surface area contributed by atoms with Crippen LogP contribution in [0.15, 0.2) is 53.4 Å². The third-order valence-corrected chi connectivity index (χ3v) is 5.80. The Balaban J connectivity index is 1.57. The molecule has 4 rings (SSSR count). The Bertz CT molecular complexity index is 928. The summed E-state index contributed by atoms with van der Waals surface area (Å²) in [6.45, 7) is 1.84. The molecule has 1 atom stereocenters. The van der Waals surface area contributed by atoms with Gasteiger partial charge >= 0.3 is 5.97 Å². The second-order valence-corrected chi connectivity index (χ2v) is 7.70. The van der Waals surface area contributed by atoms with Crippen LogP contribution in [0.3, 0.4) is 0 Å². The minimum Gasteiger partial charge on any atom is -0.444 e. The lowest BCUT2D eigenvalue weighted by molar-refractivity contribution is -0.145. The first-order chi connectivity index (χ1) is 14.1. The van der Waals surface area contributed by atoms with E-state index in [1.54, 1.807) is 47.4 Å². The van der Waals surface area contributed by atoms with E-state index in [2.05, 4.69) is 5.32 Å². The molecule has 0 spiro atoms. The van der Waals surface area contributed by atoms with Crippen LogP contribution < -0.4 is 5.32 Å². The molecule has 2 heterocycles. The Labute approximate surface area is 172 Å². The highest BCUT2D eigenvalue weighted by Gasteiger charge is 2.31. The maximum atomic E-state index is 13.1. The highest BCUT2D eigenvalue weighted by Crippen LogP contribution is 2.32. The average molecular weight is 412 g/mol. The van der Waals surface area contributed by atoms with Crippen molar-refractivity contribution in [2.75, 3.05) is 37.4 Å². The van der Waals surface area contributed by atoms with E-state index < -0.39 is 12.1 Å². The third-order valence-electron chi connectivity index (χ3n) is 4.72. The van der Waals surface area contributed by atoms with E-state index in [-0.39, 0.29) is 17.4 Å². The molecule has 0 aromatic heterocycles. The van der Waals surface area contributed by atoms with Gasteiger partial charge in [0.1, 0.15) is 0 Å². The minimum atomic E-state index is -1.04. The second kappa shape index (κ2) is 8.67. The van der Waals surface area contributed by atoms with Crippen LogP contribution in [0.2, 0.25) is 0 Å². The fourth-order valence-corrected chi connectivity index (χ4v) is 4.01. The topological polar surface area (TPSA) is 84.9 Å². The van der Waals surface area contributed by atoms with Gasteiger partial charge in [0.05, 0.1) is 30.2 Å². The highest BCUT2D eigenvalue weighted by atomic mass is 32.2. The predicted molar refractivity (Wildman–Crippen MR) is 108 cm³/mol. The molecule has 2 amide bonds. The Hall–Kier alpha value is -2.84. The monoisotopic (exact) mass is 412 g/mol. The van der Waals surface area contributed by atoms with E-state index in [0.29, 0.717) is 43.3 Å². The van der Waals surface area contributed by atoms with Gasteiger partial charge in [-0.15, -0.1) is 11.8 Å². The number of morpholine rings is 1. The van der Waals surface area contributed by atoms with Crippen molar-refractivity contribution in [2.45, 2.75) is 11.0 Å². The molecule has 0 bridgehead atoms. The summed E-state index contributed by atoms with van der Waals surface area (Å²) in [5.74, 6) is -0.651. The Kier molecular flexibility index (Phi) is 5.82. The Morgan fingerprint density at radius 1 is 1.10 bits per heavy atom. The lowest BCUT2D eigenvalue weighted by Crippen LogP contribution is -2.44. The van der Waals surface area contributed by atoms with E-state index in [1.165, 1.54) is 11.8 Å². The smallest absolute Gasteiger partial charge is 0.339 e. The first kappa shape index (κ1) is 19.5. The number of fused-ring (bicyclic) bond motifs is 1. The van der Waals surface area contributed by atoms with Gasteiger partial charge in [-0.05, 0) is 18.2 Å². The standard InChI is InChI=1S/C21H20N2O5S/c24-18-13-29-17-7-6-15(12-16(17)22-18)21(26)28-19(14-4-2-1-3-5-14)20(25)23-8-10-27-11-9-23/h1-7,12,19H,8-11,13H2,(H,22,24)/t19-/m0/s1. The van der Waals surface area contributed by atoms with Crippen LogP contribution >= 0.6 is 11.8 Å². The van der Waals surface area contributed by atoms with Gasteiger partial charge in [0, 0.05) is 23.5 Å². The van der Waals surface area contributed by atoms with Crippen molar-refractivity contribution in [1.29, 1.82) is 0 Å². The molecule has 0 radical (unpaired) electrons. The van der Waals surface area contributed by atoms with Gasteiger partial charge in [-0.25, -0.2) is 4.79 Å². The van der Waals surface area contributed by atoms with Gasteiger partial charge in [0.15, 0.2) is 0 Å². The molecule has 1 saturated heterocycles. The molecule has 2 aliphatic rings. The quantitative estimate of drug-likeness (QED) is 0.777. The zero-order valence-corrected chi connectivity index (χ0v) is 16.4. The largest absolute Gasteiger partial charge is 0.444 e. The van der Waals surface area contributed by atoms with E-state index in [4.69, 9.17) is 9.47 Å². The summed E-state index contributed by atoms with van der Waals surface area (Å²) in [5.41, 5.74) is 1.47. The zero-order chi connectivity index (χ0) is 20.2. The van der Waals surface area contributed by atoms with Gasteiger partial charge in [-0.2, -0.15) is 0 Å². The molecule has 1 N–H and O–H groups in total. The number of hydrogen-bond acceptors (Lipinski definition) is 6. The van der Waals surface area contributed by atoms with E-state index in [1.807, 2.05) is 6.07 Å². The van der Waals surface area contributed by atoms with Crippen molar-refractivity contribution >= 4 is 35.2 Å². The summed E-state index contributed by atoms with van der Waals surface area (Å²) in [7, 11) is 0. The number of anilines is 1. The van der Waals surface area contributed by atoms with Crippen molar-refractivity contribution in [2.24, 2.45) is 0 Å². The molecule has 1 fully saturated rings. The van der Waals surface area contributed by atoms with Crippen molar-refractivity contribution in [1.82, 2.24) is 4.90 Å². The molecule has 0 aliphatic carbocycles. The van der Waals surface area contributed by atoms with Crippen LogP contribution in [0, 0.1) is 0 Å². The van der Waals surface area contributed by atoms with Gasteiger partial charge in [-0.3, -0.25) is 9.59 Å². The molecule has 0 saturated carbocycles. The van der Waals surface area contributed by atoms with Crippen LogP contribution in [0.25, 0.3) is 0 Å².